The summed E-state index contributed by atoms with van der Waals surface area (Å²) in [5, 5.41) is 2.68. The number of hydrogen-bond donors (Lipinski definition) is 2. The molecule has 0 radical (unpaired) electrons. The van der Waals surface area contributed by atoms with Crippen LogP contribution in [0.3, 0.4) is 0 Å². The van der Waals surface area contributed by atoms with Gasteiger partial charge in [0, 0.05) is 6.54 Å². The summed E-state index contributed by atoms with van der Waals surface area (Å²) < 4.78 is 27.0. The fourth-order valence-corrected chi connectivity index (χ4v) is 3.63. The smallest absolute Gasteiger partial charge is 0.241 e. The highest BCUT2D eigenvalue weighted by molar-refractivity contribution is 7.89. The van der Waals surface area contributed by atoms with E-state index in [4.69, 9.17) is 0 Å². The fraction of sp³-hybridized carbons (Fsp3) is 0.533. The second kappa shape index (κ2) is 7.04. The van der Waals surface area contributed by atoms with E-state index in [2.05, 4.69) is 10.0 Å². The fourth-order valence-electron chi connectivity index (χ4n) is 2.20. The van der Waals surface area contributed by atoms with Crippen LogP contribution in [0, 0.1) is 26.7 Å². The van der Waals surface area contributed by atoms with Crippen LogP contribution in [0.4, 0.5) is 0 Å². The lowest BCUT2D eigenvalue weighted by Crippen LogP contribution is -2.38. The number of sulfonamides is 1. The highest BCUT2D eigenvalue weighted by Gasteiger charge is 2.20. The van der Waals surface area contributed by atoms with Gasteiger partial charge in [-0.05, 0) is 37.8 Å². The molecule has 0 atom stereocenters. The van der Waals surface area contributed by atoms with Gasteiger partial charge in [0.05, 0.1) is 11.4 Å². The van der Waals surface area contributed by atoms with Gasteiger partial charge in [-0.25, -0.2) is 13.1 Å². The van der Waals surface area contributed by atoms with E-state index in [1.165, 1.54) is 0 Å². The van der Waals surface area contributed by atoms with Crippen LogP contribution in [0.25, 0.3) is 0 Å². The van der Waals surface area contributed by atoms with Crippen molar-refractivity contribution in [1.29, 1.82) is 0 Å². The quantitative estimate of drug-likeness (QED) is 0.839. The Morgan fingerprint density at radius 2 is 1.67 bits per heavy atom. The van der Waals surface area contributed by atoms with Gasteiger partial charge in [-0.2, -0.15) is 0 Å². The van der Waals surface area contributed by atoms with Crippen molar-refractivity contribution in [2.75, 3.05) is 13.1 Å². The van der Waals surface area contributed by atoms with Crippen LogP contribution in [-0.2, 0) is 14.8 Å². The highest BCUT2D eigenvalue weighted by atomic mass is 32.2. The lowest BCUT2D eigenvalue weighted by Gasteiger charge is -2.13. The summed E-state index contributed by atoms with van der Waals surface area (Å²) in [5.74, 6) is 0.00170. The Labute approximate surface area is 127 Å². The highest BCUT2D eigenvalue weighted by Crippen LogP contribution is 2.21. The van der Waals surface area contributed by atoms with Crippen molar-refractivity contribution < 1.29 is 13.2 Å². The van der Waals surface area contributed by atoms with Crippen molar-refractivity contribution in [2.24, 2.45) is 5.92 Å². The van der Waals surface area contributed by atoms with Gasteiger partial charge in [0.15, 0.2) is 0 Å². The summed E-state index contributed by atoms with van der Waals surface area (Å²) in [4.78, 5) is 11.9. The molecular weight excluding hydrogens is 288 g/mol. The molecule has 1 aromatic carbocycles. The molecule has 0 aliphatic heterocycles. The van der Waals surface area contributed by atoms with Gasteiger partial charge >= 0.3 is 0 Å². The average Bonchev–Trinajstić information content (AvgIpc) is 2.32. The molecule has 0 heterocycles. The molecule has 118 valence electrons. The van der Waals surface area contributed by atoms with Crippen LogP contribution in [-0.4, -0.2) is 27.4 Å². The molecule has 1 aromatic rings. The molecule has 2 N–H and O–H groups in total. The maximum absolute atomic E-state index is 12.3. The van der Waals surface area contributed by atoms with Crippen LogP contribution >= 0.6 is 0 Å². The van der Waals surface area contributed by atoms with Crippen LogP contribution in [0.15, 0.2) is 17.0 Å². The van der Waals surface area contributed by atoms with Gasteiger partial charge in [-0.15, -0.1) is 0 Å². The van der Waals surface area contributed by atoms with E-state index in [0.717, 1.165) is 5.56 Å². The van der Waals surface area contributed by atoms with Gasteiger partial charge < -0.3 is 5.32 Å². The monoisotopic (exact) mass is 312 g/mol. The van der Waals surface area contributed by atoms with E-state index >= 15 is 0 Å². The van der Waals surface area contributed by atoms with Crippen molar-refractivity contribution in [3.63, 3.8) is 0 Å². The number of benzene rings is 1. The molecule has 0 aliphatic carbocycles. The standard InChI is InChI=1S/C15H24N2O3S/c1-10(2)8-16-14(18)9-17-21(19,20)15-12(4)6-11(3)7-13(15)5/h6-7,10,17H,8-9H2,1-5H3,(H,16,18). The normalized spacial score (nSPS) is 11.7. The molecule has 0 saturated heterocycles. The van der Waals surface area contributed by atoms with Crippen LogP contribution in [0.2, 0.25) is 0 Å². The molecule has 21 heavy (non-hydrogen) atoms. The predicted molar refractivity (Wildman–Crippen MR) is 83.7 cm³/mol. The topological polar surface area (TPSA) is 75.3 Å². The molecule has 0 bridgehead atoms. The zero-order valence-corrected chi connectivity index (χ0v) is 14.1. The Morgan fingerprint density at radius 1 is 1.14 bits per heavy atom. The molecule has 0 aliphatic rings. The molecule has 0 fully saturated rings. The second-order valence-corrected chi connectivity index (χ2v) is 7.45. The number of hydrogen-bond acceptors (Lipinski definition) is 3. The number of carbonyl (C=O) groups is 1. The molecule has 6 heteroatoms. The van der Waals surface area contributed by atoms with Crippen LogP contribution in [0.5, 0.6) is 0 Å². The van der Waals surface area contributed by atoms with Crippen molar-refractivity contribution in [3.8, 4) is 0 Å². The summed E-state index contributed by atoms with van der Waals surface area (Å²) in [7, 11) is -3.68. The van der Waals surface area contributed by atoms with E-state index in [9.17, 15) is 13.2 Å². The molecule has 0 aromatic heterocycles. The summed E-state index contributed by atoms with van der Waals surface area (Å²) in [6.45, 7) is 9.67. The van der Waals surface area contributed by atoms with Crippen molar-refractivity contribution >= 4 is 15.9 Å². The number of aryl methyl sites for hydroxylation is 3. The van der Waals surface area contributed by atoms with Gasteiger partial charge in [0.2, 0.25) is 15.9 Å². The Morgan fingerprint density at radius 3 is 2.14 bits per heavy atom. The minimum absolute atomic E-state index is 0.248. The first kappa shape index (κ1) is 17.7. The lowest BCUT2D eigenvalue weighted by atomic mass is 10.1. The van der Waals surface area contributed by atoms with Crippen molar-refractivity contribution in [2.45, 2.75) is 39.5 Å². The number of rotatable bonds is 6. The molecule has 1 rings (SSSR count). The van der Waals surface area contributed by atoms with Gasteiger partial charge in [0.1, 0.15) is 0 Å². The summed E-state index contributed by atoms with van der Waals surface area (Å²) >= 11 is 0. The van der Waals surface area contributed by atoms with E-state index in [-0.39, 0.29) is 17.3 Å². The third-order valence-electron chi connectivity index (χ3n) is 3.00. The number of nitrogens with one attached hydrogen (secondary N) is 2. The zero-order valence-electron chi connectivity index (χ0n) is 13.3. The van der Waals surface area contributed by atoms with Crippen LogP contribution in [0.1, 0.15) is 30.5 Å². The maximum atomic E-state index is 12.3. The molecule has 0 spiro atoms. The molecular formula is C15H24N2O3S. The van der Waals surface area contributed by atoms with E-state index in [1.54, 1.807) is 13.8 Å². The van der Waals surface area contributed by atoms with Gasteiger partial charge in [-0.1, -0.05) is 31.5 Å². The molecule has 0 saturated carbocycles. The van der Waals surface area contributed by atoms with Crippen LogP contribution < -0.4 is 10.0 Å². The Balaban J connectivity index is 2.82. The first-order valence-electron chi connectivity index (χ1n) is 6.97. The summed E-state index contributed by atoms with van der Waals surface area (Å²) in [6.07, 6.45) is 0. The average molecular weight is 312 g/mol. The largest absolute Gasteiger partial charge is 0.355 e. The van der Waals surface area contributed by atoms with E-state index in [0.29, 0.717) is 23.6 Å². The van der Waals surface area contributed by atoms with E-state index < -0.39 is 10.0 Å². The first-order chi connectivity index (χ1) is 9.63. The molecule has 0 unspecified atom stereocenters. The van der Waals surface area contributed by atoms with Crippen molar-refractivity contribution in [1.82, 2.24) is 10.0 Å². The minimum Gasteiger partial charge on any atom is -0.355 e. The lowest BCUT2D eigenvalue weighted by molar-refractivity contribution is -0.120. The molecule has 5 nitrogen and oxygen atoms in total. The SMILES string of the molecule is Cc1cc(C)c(S(=O)(=O)NCC(=O)NCC(C)C)c(C)c1. The van der Waals surface area contributed by atoms with Crippen molar-refractivity contribution in [3.05, 3.63) is 28.8 Å². The molecule has 1 amide bonds. The minimum atomic E-state index is -3.68. The maximum Gasteiger partial charge on any atom is 0.241 e. The zero-order chi connectivity index (χ0) is 16.2. The predicted octanol–water partition coefficient (Wildman–Crippen LogP) is 1.66. The second-order valence-electron chi connectivity index (χ2n) is 5.75. The number of carbonyl (C=O) groups excluding carboxylic acids is 1. The van der Waals surface area contributed by atoms with Gasteiger partial charge in [0.25, 0.3) is 0 Å². The van der Waals surface area contributed by atoms with Gasteiger partial charge in [-0.3, -0.25) is 4.79 Å². The first-order valence-corrected chi connectivity index (χ1v) is 8.46. The summed E-state index contributed by atoms with van der Waals surface area (Å²) in [6, 6.07) is 3.64. The Bertz CT molecular complexity index is 599. The summed E-state index contributed by atoms with van der Waals surface area (Å²) in [5.41, 5.74) is 2.38. The Kier molecular flexibility index (Phi) is 5.92. The third kappa shape index (κ3) is 5.13. The Hall–Kier alpha value is -1.40. The number of amides is 1. The van der Waals surface area contributed by atoms with E-state index in [1.807, 2.05) is 32.9 Å². The third-order valence-corrected chi connectivity index (χ3v) is 4.71.